The number of aromatic nitrogens is 1. The Morgan fingerprint density at radius 3 is 2.53 bits per heavy atom. The molecule has 2 aromatic rings. The average molecular weight is 279 g/mol. The smallest absolute Gasteiger partial charge is 0.258 e. The second-order valence-electron chi connectivity index (χ2n) is 3.96. The molecule has 0 aliphatic rings. The van der Waals surface area contributed by atoms with Gasteiger partial charge in [-0.15, -0.1) is 12.4 Å². The summed E-state index contributed by atoms with van der Waals surface area (Å²) in [6, 6.07) is 9.18. The van der Waals surface area contributed by atoms with Gasteiger partial charge in [0.25, 0.3) is 5.91 Å². The van der Waals surface area contributed by atoms with Crippen LogP contribution in [0.15, 0.2) is 42.7 Å². The van der Waals surface area contributed by atoms with E-state index in [-0.39, 0.29) is 24.3 Å². The van der Waals surface area contributed by atoms with Gasteiger partial charge in [-0.1, -0.05) is 6.07 Å². The maximum atomic E-state index is 11.7. The lowest BCUT2D eigenvalue weighted by atomic mass is 10.1. The molecule has 1 heterocycles. The minimum absolute atomic E-state index is 0. The Labute approximate surface area is 117 Å². The molecule has 19 heavy (non-hydrogen) atoms. The number of guanidine groups is 1. The van der Waals surface area contributed by atoms with Gasteiger partial charge < -0.3 is 10.3 Å². The van der Waals surface area contributed by atoms with Gasteiger partial charge in [0.2, 0.25) is 0 Å². The van der Waals surface area contributed by atoms with E-state index in [1.165, 1.54) is 0 Å². The number of benzene rings is 1. The van der Waals surface area contributed by atoms with Crippen LogP contribution >= 0.6 is 12.4 Å². The number of nitrogens with two attached hydrogens (primary N) is 1. The summed E-state index contributed by atoms with van der Waals surface area (Å²) in [4.78, 5) is 11.7. The van der Waals surface area contributed by atoms with E-state index in [9.17, 15) is 4.79 Å². The number of halogens is 1. The van der Waals surface area contributed by atoms with E-state index in [0.29, 0.717) is 5.56 Å². The summed E-state index contributed by atoms with van der Waals surface area (Å²) in [6.07, 6.45) is 3.82. The zero-order chi connectivity index (χ0) is 13.1. The number of rotatable bonds is 2. The molecule has 0 unspecified atom stereocenters. The first-order valence-corrected chi connectivity index (χ1v) is 5.47. The summed E-state index contributed by atoms with van der Waals surface area (Å²) >= 11 is 0. The molecule has 100 valence electrons. The summed E-state index contributed by atoms with van der Waals surface area (Å²) in [5.41, 5.74) is 7.60. The maximum absolute atomic E-state index is 11.7. The number of carbonyl (C=O) groups excluding carboxylic acids is 1. The standard InChI is InChI=1S/C13H14N4O.ClH/c1-9-4-5-10(12(18)16-13(14)15)8-11(9)17-6-2-3-7-17;/h2-8H,1H3,(H4,14,15,16,18);1H. The number of aryl methyl sites for hydroxylation is 1. The molecule has 0 atom stereocenters. The van der Waals surface area contributed by atoms with Crippen LogP contribution in [0.1, 0.15) is 15.9 Å². The van der Waals surface area contributed by atoms with Crippen molar-refractivity contribution in [2.75, 3.05) is 0 Å². The quantitative estimate of drug-likeness (QED) is 0.578. The number of hydrogen-bond donors (Lipinski definition) is 3. The number of hydrogen-bond acceptors (Lipinski definition) is 2. The molecule has 5 nitrogen and oxygen atoms in total. The predicted molar refractivity (Wildman–Crippen MR) is 77.1 cm³/mol. The van der Waals surface area contributed by atoms with Crippen LogP contribution < -0.4 is 11.1 Å². The molecule has 1 aromatic carbocycles. The fourth-order valence-corrected chi connectivity index (χ4v) is 1.72. The summed E-state index contributed by atoms with van der Waals surface area (Å²) in [7, 11) is 0. The minimum Gasteiger partial charge on any atom is -0.370 e. The van der Waals surface area contributed by atoms with Crippen molar-refractivity contribution in [3.63, 3.8) is 0 Å². The van der Waals surface area contributed by atoms with Crippen LogP contribution in [-0.4, -0.2) is 16.4 Å². The van der Waals surface area contributed by atoms with Gasteiger partial charge in [-0.25, -0.2) is 0 Å². The van der Waals surface area contributed by atoms with E-state index in [1.54, 1.807) is 12.1 Å². The largest absolute Gasteiger partial charge is 0.370 e. The molecular weight excluding hydrogens is 264 g/mol. The van der Waals surface area contributed by atoms with E-state index in [4.69, 9.17) is 11.1 Å². The molecule has 0 spiro atoms. The van der Waals surface area contributed by atoms with Crippen molar-refractivity contribution < 1.29 is 4.79 Å². The minimum atomic E-state index is -0.379. The van der Waals surface area contributed by atoms with E-state index < -0.39 is 0 Å². The van der Waals surface area contributed by atoms with Crippen molar-refractivity contribution in [3.8, 4) is 5.69 Å². The summed E-state index contributed by atoms with van der Waals surface area (Å²) in [6.45, 7) is 1.97. The Morgan fingerprint density at radius 2 is 1.95 bits per heavy atom. The predicted octanol–water partition coefficient (Wildman–Crippen LogP) is 1.83. The zero-order valence-corrected chi connectivity index (χ0v) is 11.2. The maximum Gasteiger partial charge on any atom is 0.258 e. The second-order valence-corrected chi connectivity index (χ2v) is 3.96. The van der Waals surface area contributed by atoms with Crippen molar-refractivity contribution in [2.45, 2.75) is 6.92 Å². The molecule has 4 N–H and O–H groups in total. The highest BCUT2D eigenvalue weighted by Gasteiger charge is 2.09. The summed E-state index contributed by atoms with van der Waals surface area (Å²) < 4.78 is 1.93. The van der Waals surface area contributed by atoms with Gasteiger partial charge in [-0.2, -0.15) is 0 Å². The van der Waals surface area contributed by atoms with Crippen LogP contribution in [0.4, 0.5) is 0 Å². The first-order chi connectivity index (χ1) is 8.58. The molecule has 1 aromatic heterocycles. The van der Waals surface area contributed by atoms with Crippen LogP contribution in [-0.2, 0) is 0 Å². The molecular formula is C13H15ClN4O. The van der Waals surface area contributed by atoms with E-state index in [1.807, 2.05) is 42.1 Å². The number of nitrogens with one attached hydrogen (secondary N) is 2. The molecule has 0 aliphatic carbocycles. The molecule has 6 heteroatoms. The van der Waals surface area contributed by atoms with Crippen molar-refractivity contribution in [3.05, 3.63) is 53.9 Å². The third kappa shape index (κ3) is 3.35. The highest BCUT2D eigenvalue weighted by molar-refractivity contribution is 6.04. The topological polar surface area (TPSA) is 83.9 Å². The van der Waals surface area contributed by atoms with Gasteiger partial charge in [0, 0.05) is 23.6 Å². The average Bonchev–Trinajstić information content (AvgIpc) is 2.82. The fraction of sp³-hybridized carbons (Fsp3) is 0.0769. The lowest BCUT2D eigenvalue weighted by Gasteiger charge is -2.10. The van der Waals surface area contributed by atoms with Crippen LogP contribution in [0.5, 0.6) is 0 Å². The van der Waals surface area contributed by atoms with E-state index in [0.717, 1.165) is 11.3 Å². The van der Waals surface area contributed by atoms with Crippen LogP contribution in [0.2, 0.25) is 0 Å². The molecule has 0 radical (unpaired) electrons. The molecule has 0 saturated carbocycles. The molecule has 1 amide bonds. The van der Waals surface area contributed by atoms with Crippen LogP contribution in [0.3, 0.4) is 0 Å². The van der Waals surface area contributed by atoms with Gasteiger partial charge in [0.15, 0.2) is 5.96 Å². The molecule has 0 aliphatic heterocycles. The molecule has 2 rings (SSSR count). The molecule has 0 saturated heterocycles. The van der Waals surface area contributed by atoms with Gasteiger partial charge >= 0.3 is 0 Å². The SMILES string of the molecule is Cc1ccc(C(=O)NC(=N)N)cc1-n1cccc1.Cl. The summed E-state index contributed by atoms with van der Waals surface area (Å²) in [5.74, 6) is -0.737. The fourth-order valence-electron chi connectivity index (χ4n) is 1.72. The first kappa shape index (κ1) is 14.8. The van der Waals surface area contributed by atoms with Crippen molar-refractivity contribution in [2.24, 2.45) is 5.73 Å². The van der Waals surface area contributed by atoms with Crippen molar-refractivity contribution in [1.29, 1.82) is 5.41 Å². The summed E-state index contributed by atoms with van der Waals surface area (Å²) in [5, 5.41) is 9.31. The monoisotopic (exact) mass is 278 g/mol. The number of amides is 1. The number of carbonyl (C=O) groups is 1. The Morgan fingerprint density at radius 1 is 1.32 bits per heavy atom. The lowest BCUT2D eigenvalue weighted by Crippen LogP contribution is -2.35. The highest BCUT2D eigenvalue weighted by Crippen LogP contribution is 2.16. The van der Waals surface area contributed by atoms with Gasteiger partial charge in [0.05, 0.1) is 0 Å². The highest BCUT2D eigenvalue weighted by atomic mass is 35.5. The third-order valence-corrected chi connectivity index (χ3v) is 2.60. The van der Waals surface area contributed by atoms with E-state index in [2.05, 4.69) is 5.32 Å². The van der Waals surface area contributed by atoms with E-state index >= 15 is 0 Å². The normalized spacial score (nSPS) is 9.53. The molecule has 0 fully saturated rings. The Bertz CT molecular complexity index is 593. The van der Waals surface area contributed by atoms with Crippen molar-refractivity contribution in [1.82, 2.24) is 9.88 Å². The Hall–Kier alpha value is -2.27. The lowest BCUT2D eigenvalue weighted by molar-refractivity contribution is 0.0976. The van der Waals surface area contributed by atoms with Gasteiger partial charge in [-0.05, 0) is 36.8 Å². The van der Waals surface area contributed by atoms with Gasteiger partial charge in [0.1, 0.15) is 0 Å². The Kier molecular flexibility index (Phi) is 4.72. The molecule has 0 bridgehead atoms. The van der Waals surface area contributed by atoms with Crippen LogP contribution in [0, 0.1) is 12.3 Å². The number of nitrogens with zero attached hydrogens (tertiary/aromatic N) is 1. The Balaban J connectivity index is 0.00000180. The van der Waals surface area contributed by atoms with Crippen molar-refractivity contribution >= 4 is 24.3 Å². The van der Waals surface area contributed by atoms with Crippen LogP contribution in [0.25, 0.3) is 5.69 Å². The second kappa shape index (κ2) is 6.06. The first-order valence-electron chi connectivity index (χ1n) is 5.47. The van der Waals surface area contributed by atoms with Gasteiger partial charge in [-0.3, -0.25) is 15.5 Å². The zero-order valence-electron chi connectivity index (χ0n) is 10.4. The third-order valence-electron chi connectivity index (χ3n) is 2.60.